The first-order valence-corrected chi connectivity index (χ1v) is 11.5. The number of carbonyl (C=O) groups is 2. The summed E-state index contributed by atoms with van der Waals surface area (Å²) in [4.78, 5) is 30.7. The first-order valence-electron chi connectivity index (χ1n) is 10.7. The quantitative estimate of drug-likeness (QED) is 0.717. The van der Waals surface area contributed by atoms with Gasteiger partial charge in [0, 0.05) is 32.7 Å². The van der Waals surface area contributed by atoms with Crippen molar-refractivity contribution in [1.82, 2.24) is 30.0 Å². The van der Waals surface area contributed by atoms with Crippen LogP contribution in [0.4, 0.5) is 0 Å². The standard InChI is InChI=1S/C20H26N6O3S/c27-18(15-4-1-2-8-26-17(15)21-22-23-26)25-11-12-29-20(14-25)6-9-24(10-7-20)19(28)16-5-3-13-30-16/h3,5,13,15H,1-2,4,6-12,14H2. The normalized spacial score (nSPS) is 23.8. The fraction of sp³-hybridized carbons (Fsp3) is 0.650. The van der Waals surface area contributed by atoms with Gasteiger partial charge < -0.3 is 14.5 Å². The van der Waals surface area contributed by atoms with Crippen molar-refractivity contribution in [3.63, 3.8) is 0 Å². The van der Waals surface area contributed by atoms with Gasteiger partial charge in [0.05, 0.1) is 23.0 Å². The van der Waals surface area contributed by atoms with Gasteiger partial charge in [-0.25, -0.2) is 4.68 Å². The molecule has 2 amide bonds. The Morgan fingerprint density at radius 3 is 2.80 bits per heavy atom. The zero-order valence-corrected chi connectivity index (χ0v) is 17.7. The Morgan fingerprint density at radius 2 is 2.00 bits per heavy atom. The lowest BCUT2D eigenvalue weighted by molar-refractivity contribution is -0.159. The second kappa shape index (κ2) is 8.07. The van der Waals surface area contributed by atoms with Gasteiger partial charge in [-0.05, 0) is 47.6 Å². The number of carbonyl (C=O) groups excluding carboxylic acids is 2. The molecule has 0 N–H and O–H groups in total. The number of tetrazole rings is 1. The van der Waals surface area contributed by atoms with Crippen LogP contribution in [0.2, 0.25) is 0 Å². The summed E-state index contributed by atoms with van der Waals surface area (Å²) in [6, 6.07) is 3.77. The number of piperidine rings is 1. The minimum absolute atomic E-state index is 0.0916. The molecular weight excluding hydrogens is 404 g/mol. The fourth-order valence-corrected chi connectivity index (χ4v) is 5.51. The summed E-state index contributed by atoms with van der Waals surface area (Å²) >= 11 is 1.48. The zero-order valence-electron chi connectivity index (χ0n) is 16.9. The highest BCUT2D eigenvalue weighted by Crippen LogP contribution is 2.33. The number of amides is 2. The number of morpholine rings is 1. The van der Waals surface area contributed by atoms with Gasteiger partial charge in [-0.2, -0.15) is 0 Å². The Balaban J connectivity index is 1.25. The Hall–Kier alpha value is -2.33. The maximum atomic E-state index is 13.4. The molecule has 3 aliphatic heterocycles. The molecule has 1 atom stereocenters. The number of aryl methyl sites for hydroxylation is 1. The van der Waals surface area contributed by atoms with Crippen molar-refractivity contribution in [3.05, 3.63) is 28.2 Å². The third kappa shape index (κ3) is 3.62. The molecule has 10 heteroatoms. The van der Waals surface area contributed by atoms with E-state index in [1.165, 1.54) is 11.3 Å². The Morgan fingerprint density at radius 1 is 1.13 bits per heavy atom. The van der Waals surface area contributed by atoms with E-state index in [1.807, 2.05) is 27.3 Å². The van der Waals surface area contributed by atoms with Gasteiger partial charge in [0.2, 0.25) is 5.91 Å². The predicted octanol–water partition coefficient (Wildman–Crippen LogP) is 1.54. The van der Waals surface area contributed by atoms with Crippen LogP contribution in [0.25, 0.3) is 0 Å². The molecule has 9 nitrogen and oxygen atoms in total. The monoisotopic (exact) mass is 430 g/mol. The lowest BCUT2D eigenvalue weighted by Crippen LogP contribution is -2.59. The van der Waals surface area contributed by atoms with Gasteiger partial charge in [0.1, 0.15) is 0 Å². The van der Waals surface area contributed by atoms with Gasteiger partial charge in [0.25, 0.3) is 5.91 Å². The Labute approximate surface area is 179 Å². The van der Waals surface area contributed by atoms with Crippen LogP contribution >= 0.6 is 11.3 Å². The summed E-state index contributed by atoms with van der Waals surface area (Å²) in [7, 11) is 0. The molecule has 0 bridgehead atoms. The number of ether oxygens (including phenoxy) is 1. The van der Waals surface area contributed by atoms with Crippen LogP contribution in [0, 0.1) is 0 Å². The number of thiophene rings is 1. The zero-order chi connectivity index (χ0) is 20.6. The molecule has 0 aliphatic carbocycles. The summed E-state index contributed by atoms with van der Waals surface area (Å²) in [5.74, 6) is 0.606. The number of hydrogen-bond acceptors (Lipinski definition) is 7. The molecule has 5 heterocycles. The Bertz CT molecular complexity index is 906. The van der Waals surface area contributed by atoms with Crippen LogP contribution < -0.4 is 0 Å². The second-order valence-electron chi connectivity index (χ2n) is 8.37. The molecule has 1 spiro atoms. The topological polar surface area (TPSA) is 93.5 Å². The van der Waals surface area contributed by atoms with E-state index in [1.54, 1.807) is 4.68 Å². The van der Waals surface area contributed by atoms with Crippen molar-refractivity contribution < 1.29 is 14.3 Å². The van der Waals surface area contributed by atoms with Crippen LogP contribution in [-0.2, 0) is 16.1 Å². The van der Waals surface area contributed by atoms with Crippen LogP contribution in [0.3, 0.4) is 0 Å². The number of hydrogen-bond donors (Lipinski definition) is 0. The van der Waals surface area contributed by atoms with Crippen molar-refractivity contribution >= 4 is 23.2 Å². The van der Waals surface area contributed by atoms with E-state index in [4.69, 9.17) is 4.74 Å². The maximum absolute atomic E-state index is 13.4. The number of aromatic nitrogens is 4. The molecule has 3 aliphatic rings. The summed E-state index contributed by atoms with van der Waals surface area (Å²) in [6.45, 7) is 3.78. The van der Waals surface area contributed by atoms with Gasteiger partial charge >= 0.3 is 0 Å². The predicted molar refractivity (Wildman–Crippen MR) is 109 cm³/mol. The van der Waals surface area contributed by atoms with E-state index in [0.29, 0.717) is 38.6 Å². The van der Waals surface area contributed by atoms with Crippen molar-refractivity contribution in [2.45, 2.75) is 50.2 Å². The van der Waals surface area contributed by atoms with Crippen LogP contribution in [-0.4, -0.2) is 80.2 Å². The van der Waals surface area contributed by atoms with Gasteiger partial charge in [0.15, 0.2) is 5.82 Å². The van der Waals surface area contributed by atoms with E-state index in [9.17, 15) is 9.59 Å². The van der Waals surface area contributed by atoms with Gasteiger partial charge in [-0.15, -0.1) is 16.4 Å². The fourth-order valence-electron chi connectivity index (χ4n) is 4.82. The van der Waals surface area contributed by atoms with Crippen LogP contribution in [0.1, 0.15) is 53.5 Å². The molecule has 2 fully saturated rings. The molecule has 0 saturated carbocycles. The third-order valence-electron chi connectivity index (χ3n) is 6.54. The number of nitrogens with zero attached hydrogens (tertiary/aromatic N) is 6. The van der Waals surface area contributed by atoms with E-state index >= 15 is 0 Å². The molecule has 0 aromatic carbocycles. The molecule has 30 heavy (non-hydrogen) atoms. The van der Waals surface area contributed by atoms with Crippen LogP contribution in [0.15, 0.2) is 17.5 Å². The number of likely N-dealkylation sites (tertiary alicyclic amines) is 1. The minimum atomic E-state index is -0.364. The molecule has 160 valence electrons. The second-order valence-corrected chi connectivity index (χ2v) is 9.32. The third-order valence-corrected chi connectivity index (χ3v) is 7.39. The SMILES string of the molecule is O=C(c1cccs1)N1CCC2(CC1)CN(C(=O)C1CCCCn3nnnc31)CCO2. The average molecular weight is 431 g/mol. The van der Waals surface area contributed by atoms with Crippen molar-refractivity contribution in [2.75, 3.05) is 32.8 Å². The number of fused-ring (bicyclic) bond motifs is 1. The van der Waals surface area contributed by atoms with E-state index in [0.717, 1.165) is 43.5 Å². The summed E-state index contributed by atoms with van der Waals surface area (Å²) in [6.07, 6.45) is 4.25. The molecular formula is C20H26N6O3S. The highest BCUT2D eigenvalue weighted by atomic mass is 32.1. The van der Waals surface area contributed by atoms with E-state index in [-0.39, 0.29) is 23.3 Å². The average Bonchev–Trinajstić information content (AvgIpc) is 3.43. The molecule has 2 aromatic rings. The van der Waals surface area contributed by atoms with Crippen molar-refractivity contribution in [3.8, 4) is 0 Å². The summed E-state index contributed by atoms with van der Waals surface area (Å²) < 4.78 is 7.98. The largest absolute Gasteiger partial charge is 0.371 e. The first-order chi connectivity index (χ1) is 14.7. The van der Waals surface area contributed by atoms with Crippen LogP contribution in [0.5, 0.6) is 0 Å². The molecule has 2 saturated heterocycles. The first kappa shape index (κ1) is 19.6. The lowest BCUT2D eigenvalue weighted by Gasteiger charge is -2.47. The minimum Gasteiger partial charge on any atom is -0.371 e. The lowest BCUT2D eigenvalue weighted by atomic mass is 9.88. The molecule has 1 unspecified atom stereocenters. The van der Waals surface area contributed by atoms with Crippen molar-refractivity contribution in [2.24, 2.45) is 0 Å². The number of rotatable bonds is 2. The highest BCUT2D eigenvalue weighted by Gasteiger charge is 2.43. The Kier molecular flexibility index (Phi) is 5.28. The highest BCUT2D eigenvalue weighted by molar-refractivity contribution is 7.12. The summed E-state index contributed by atoms with van der Waals surface area (Å²) in [5.41, 5.74) is -0.364. The smallest absolute Gasteiger partial charge is 0.263 e. The van der Waals surface area contributed by atoms with E-state index < -0.39 is 0 Å². The van der Waals surface area contributed by atoms with E-state index in [2.05, 4.69) is 15.5 Å². The van der Waals surface area contributed by atoms with Crippen molar-refractivity contribution in [1.29, 1.82) is 0 Å². The summed E-state index contributed by atoms with van der Waals surface area (Å²) in [5, 5.41) is 13.9. The maximum Gasteiger partial charge on any atom is 0.263 e. The molecule has 0 radical (unpaired) electrons. The molecule has 2 aromatic heterocycles. The van der Waals surface area contributed by atoms with Gasteiger partial charge in [-0.1, -0.05) is 12.5 Å². The van der Waals surface area contributed by atoms with Gasteiger partial charge in [-0.3, -0.25) is 9.59 Å². The molecule has 5 rings (SSSR count).